The standard InChI is InChI=1S/C19H20F2N2O3S/c1-13-9-11-23(12-10-13)27(25,26)15-7-5-14(6-8-15)22-19(24)16-3-2-4-17(20)18(16)21/h2-8,13H,9-12H2,1H3,(H,22,24). The summed E-state index contributed by atoms with van der Waals surface area (Å²) in [6, 6.07) is 8.97. The van der Waals surface area contributed by atoms with Gasteiger partial charge in [-0.15, -0.1) is 0 Å². The molecular formula is C19H20F2N2O3S. The number of carbonyl (C=O) groups excluding carboxylic acids is 1. The number of piperidine rings is 1. The molecule has 2 aromatic rings. The number of nitrogens with zero attached hydrogens (tertiary/aromatic N) is 1. The van der Waals surface area contributed by atoms with Crippen LogP contribution in [0.25, 0.3) is 0 Å². The zero-order valence-electron chi connectivity index (χ0n) is 14.8. The molecule has 0 radical (unpaired) electrons. The molecule has 1 amide bonds. The Labute approximate surface area is 157 Å². The van der Waals surface area contributed by atoms with Gasteiger partial charge in [-0.2, -0.15) is 4.31 Å². The van der Waals surface area contributed by atoms with Crippen molar-refractivity contribution in [1.29, 1.82) is 0 Å². The summed E-state index contributed by atoms with van der Waals surface area (Å²) in [5.74, 6) is -2.64. The summed E-state index contributed by atoms with van der Waals surface area (Å²) in [5, 5.41) is 2.44. The van der Waals surface area contributed by atoms with Gasteiger partial charge in [0.15, 0.2) is 11.6 Å². The van der Waals surface area contributed by atoms with E-state index in [1.807, 2.05) is 0 Å². The Morgan fingerprint density at radius 2 is 1.70 bits per heavy atom. The number of halogens is 2. The SMILES string of the molecule is CC1CCN(S(=O)(=O)c2ccc(NC(=O)c3cccc(F)c3F)cc2)CC1. The second-order valence-corrected chi connectivity index (χ2v) is 8.60. The highest BCUT2D eigenvalue weighted by Gasteiger charge is 2.28. The highest BCUT2D eigenvalue weighted by Crippen LogP contribution is 2.24. The molecular weight excluding hydrogens is 374 g/mol. The average molecular weight is 394 g/mol. The smallest absolute Gasteiger partial charge is 0.258 e. The van der Waals surface area contributed by atoms with Crippen LogP contribution in [0.3, 0.4) is 0 Å². The van der Waals surface area contributed by atoms with Crippen molar-refractivity contribution in [3.8, 4) is 0 Å². The van der Waals surface area contributed by atoms with Crippen LogP contribution in [-0.2, 0) is 10.0 Å². The van der Waals surface area contributed by atoms with Crippen LogP contribution < -0.4 is 5.32 Å². The van der Waals surface area contributed by atoms with Gasteiger partial charge in [-0.05, 0) is 55.2 Å². The minimum absolute atomic E-state index is 0.131. The molecule has 27 heavy (non-hydrogen) atoms. The number of anilines is 1. The first-order valence-electron chi connectivity index (χ1n) is 8.64. The van der Waals surface area contributed by atoms with Gasteiger partial charge in [-0.1, -0.05) is 13.0 Å². The lowest BCUT2D eigenvalue weighted by molar-refractivity contribution is 0.102. The fraction of sp³-hybridized carbons (Fsp3) is 0.316. The van der Waals surface area contributed by atoms with E-state index < -0.39 is 33.1 Å². The van der Waals surface area contributed by atoms with Gasteiger partial charge in [0.25, 0.3) is 5.91 Å². The van der Waals surface area contributed by atoms with Crippen molar-refractivity contribution in [2.75, 3.05) is 18.4 Å². The average Bonchev–Trinajstić information content (AvgIpc) is 2.64. The normalized spacial score (nSPS) is 16.3. The molecule has 144 valence electrons. The lowest BCUT2D eigenvalue weighted by Crippen LogP contribution is -2.37. The Balaban J connectivity index is 1.73. The molecule has 1 aliphatic rings. The predicted octanol–water partition coefficient (Wildman–Crippen LogP) is 3.64. The van der Waals surface area contributed by atoms with E-state index in [9.17, 15) is 22.0 Å². The molecule has 1 heterocycles. The van der Waals surface area contributed by atoms with Crippen LogP contribution in [-0.4, -0.2) is 31.7 Å². The Bertz CT molecular complexity index is 938. The van der Waals surface area contributed by atoms with E-state index in [4.69, 9.17) is 0 Å². The van der Waals surface area contributed by atoms with Gasteiger partial charge in [-0.3, -0.25) is 4.79 Å². The number of hydrogen-bond acceptors (Lipinski definition) is 3. The first-order valence-corrected chi connectivity index (χ1v) is 10.1. The molecule has 0 spiro atoms. The van der Waals surface area contributed by atoms with Crippen molar-refractivity contribution in [3.05, 3.63) is 59.7 Å². The summed E-state index contributed by atoms with van der Waals surface area (Å²) in [7, 11) is -3.58. The fourth-order valence-corrected chi connectivity index (χ4v) is 4.43. The Kier molecular flexibility index (Phi) is 5.57. The summed E-state index contributed by atoms with van der Waals surface area (Å²) in [6.07, 6.45) is 1.65. The molecule has 0 bridgehead atoms. The first-order chi connectivity index (χ1) is 12.8. The third kappa shape index (κ3) is 4.17. The van der Waals surface area contributed by atoms with Crippen molar-refractivity contribution in [2.24, 2.45) is 5.92 Å². The summed E-state index contributed by atoms with van der Waals surface area (Å²) in [4.78, 5) is 12.2. The molecule has 0 atom stereocenters. The van der Waals surface area contributed by atoms with Gasteiger partial charge >= 0.3 is 0 Å². The van der Waals surface area contributed by atoms with Gasteiger partial charge in [0, 0.05) is 18.8 Å². The molecule has 2 aromatic carbocycles. The monoisotopic (exact) mass is 394 g/mol. The van der Waals surface area contributed by atoms with Crippen LogP contribution in [0.1, 0.15) is 30.1 Å². The molecule has 0 unspecified atom stereocenters. The van der Waals surface area contributed by atoms with Gasteiger partial charge in [0.2, 0.25) is 10.0 Å². The van der Waals surface area contributed by atoms with Crippen LogP contribution in [0, 0.1) is 17.6 Å². The van der Waals surface area contributed by atoms with E-state index in [1.165, 1.54) is 40.7 Å². The van der Waals surface area contributed by atoms with Gasteiger partial charge in [0.1, 0.15) is 0 Å². The second kappa shape index (κ2) is 7.74. The highest BCUT2D eigenvalue weighted by molar-refractivity contribution is 7.89. The number of rotatable bonds is 4. The largest absolute Gasteiger partial charge is 0.322 e. The molecule has 3 rings (SSSR count). The van der Waals surface area contributed by atoms with Gasteiger partial charge < -0.3 is 5.32 Å². The second-order valence-electron chi connectivity index (χ2n) is 6.67. The van der Waals surface area contributed by atoms with E-state index in [2.05, 4.69) is 12.2 Å². The maximum Gasteiger partial charge on any atom is 0.258 e. The lowest BCUT2D eigenvalue weighted by atomic mass is 10.0. The third-order valence-electron chi connectivity index (χ3n) is 4.69. The maximum atomic E-state index is 13.7. The zero-order chi connectivity index (χ0) is 19.6. The Hall–Kier alpha value is -2.32. The Morgan fingerprint density at radius 1 is 1.07 bits per heavy atom. The maximum absolute atomic E-state index is 13.7. The van der Waals surface area contributed by atoms with Gasteiger partial charge in [0.05, 0.1) is 10.5 Å². The lowest BCUT2D eigenvalue weighted by Gasteiger charge is -2.29. The van der Waals surface area contributed by atoms with Gasteiger partial charge in [-0.25, -0.2) is 17.2 Å². The minimum atomic E-state index is -3.58. The molecule has 0 saturated carbocycles. The van der Waals surface area contributed by atoms with Crippen molar-refractivity contribution in [1.82, 2.24) is 4.31 Å². The van der Waals surface area contributed by atoms with E-state index in [0.29, 0.717) is 19.0 Å². The number of sulfonamides is 1. The van der Waals surface area contributed by atoms with E-state index in [-0.39, 0.29) is 10.6 Å². The van der Waals surface area contributed by atoms with Crippen LogP contribution in [0.15, 0.2) is 47.4 Å². The van der Waals surface area contributed by atoms with E-state index >= 15 is 0 Å². The zero-order valence-corrected chi connectivity index (χ0v) is 15.6. The molecule has 1 fully saturated rings. The molecule has 0 aromatic heterocycles. The quantitative estimate of drug-likeness (QED) is 0.861. The fourth-order valence-electron chi connectivity index (χ4n) is 2.96. The van der Waals surface area contributed by atoms with Crippen molar-refractivity contribution in [3.63, 3.8) is 0 Å². The van der Waals surface area contributed by atoms with Crippen LogP contribution in [0.2, 0.25) is 0 Å². The number of hydrogen-bond donors (Lipinski definition) is 1. The van der Waals surface area contributed by atoms with Crippen molar-refractivity contribution < 1.29 is 22.0 Å². The number of carbonyl (C=O) groups is 1. The van der Waals surface area contributed by atoms with Crippen LogP contribution >= 0.6 is 0 Å². The number of benzene rings is 2. The summed E-state index contributed by atoms with van der Waals surface area (Å²) < 4.78 is 53.7. The van der Waals surface area contributed by atoms with Crippen LogP contribution in [0.4, 0.5) is 14.5 Å². The molecule has 1 aliphatic heterocycles. The number of nitrogens with one attached hydrogen (secondary N) is 1. The van der Waals surface area contributed by atoms with E-state index in [1.54, 1.807) is 0 Å². The first kappa shape index (κ1) is 19.4. The summed E-state index contributed by atoms with van der Waals surface area (Å²) >= 11 is 0. The molecule has 0 aliphatic carbocycles. The summed E-state index contributed by atoms with van der Waals surface area (Å²) in [6.45, 7) is 3.07. The molecule has 8 heteroatoms. The molecule has 1 N–H and O–H groups in total. The Morgan fingerprint density at radius 3 is 2.33 bits per heavy atom. The van der Waals surface area contributed by atoms with Crippen molar-refractivity contribution in [2.45, 2.75) is 24.7 Å². The van der Waals surface area contributed by atoms with E-state index in [0.717, 1.165) is 18.9 Å². The van der Waals surface area contributed by atoms with Crippen LogP contribution in [0.5, 0.6) is 0 Å². The number of amides is 1. The predicted molar refractivity (Wildman–Crippen MR) is 97.9 cm³/mol. The highest BCUT2D eigenvalue weighted by atomic mass is 32.2. The van der Waals surface area contributed by atoms with Crippen molar-refractivity contribution >= 4 is 21.6 Å². The summed E-state index contributed by atoms with van der Waals surface area (Å²) in [5.41, 5.74) is -0.135. The third-order valence-corrected chi connectivity index (χ3v) is 6.60. The minimum Gasteiger partial charge on any atom is -0.322 e. The molecule has 1 saturated heterocycles. The topological polar surface area (TPSA) is 66.5 Å². The molecule has 5 nitrogen and oxygen atoms in total.